The van der Waals surface area contributed by atoms with Crippen LogP contribution in [0.3, 0.4) is 0 Å². The molecule has 3 nitrogen and oxygen atoms in total. The van der Waals surface area contributed by atoms with Gasteiger partial charge in [0.2, 0.25) is 5.60 Å². The van der Waals surface area contributed by atoms with E-state index >= 15 is 0 Å². The van der Waals surface area contributed by atoms with E-state index in [-0.39, 0.29) is 5.97 Å². The third-order valence-corrected chi connectivity index (χ3v) is 2.05. The summed E-state index contributed by atoms with van der Waals surface area (Å²) in [4.78, 5) is 11.4. The number of rotatable bonds is 4. The third kappa shape index (κ3) is 2.66. The maximum atomic E-state index is 11.4. The molecule has 1 aliphatic rings. The Morgan fingerprint density at radius 3 is 2.64 bits per heavy atom. The van der Waals surface area contributed by atoms with Crippen molar-refractivity contribution in [2.75, 3.05) is 6.61 Å². The molecule has 0 aliphatic heterocycles. The topological polar surface area (TPSA) is 35.5 Å². The number of ether oxygens (including phenoxy) is 2. The van der Waals surface area contributed by atoms with Gasteiger partial charge in [0.1, 0.15) is 6.11 Å². The number of carbonyl (C=O) groups excluding carboxylic acids is 1. The van der Waals surface area contributed by atoms with Gasteiger partial charge in [0.05, 0.1) is 6.61 Å². The summed E-state index contributed by atoms with van der Waals surface area (Å²) < 4.78 is 10.1. The minimum atomic E-state index is -0.725. The molecule has 0 aromatic heterocycles. The molecule has 78 valence electrons. The fraction of sp³-hybridized carbons (Fsp3) is 0.727. The van der Waals surface area contributed by atoms with Crippen LogP contribution in [-0.2, 0) is 14.3 Å². The van der Waals surface area contributed by atoms with Gasteiger partial charge in [-0.2, -0.15) is 0 Å². The largest absolute Gasteiger partial charge is 0.463 e. The highest BCUT2D eigenvalue weighted by molar-refractivity contribution is 5.83. The van der Waals surface area contributed by atoms with Crippen LogP contribution in [0.2, 0.25) is 0 Å². The van der Waals surface area contributed by atoms with Gasteiger partial charge in [-0.1, -0.05) is 12.8 Å². The number of unbranched alkanes of at least 4 members (excludes halogenated alkanes) is 1. The van der Waals surface area contributed by atoms with Crippen molar-refractivity contribution in [2.45, 2.75) is 45.1 Å². The number of hydrogen-bond acceptors (Lipinski definition) is 3. The second-order valence-electron chi connectivity index (χ2n) is 3.35. The molecule has 14 heavy (non-hydrogen) atoms. The number of hydrogen-bond donors (Lipinski definition) is 0. The smallest absolute Gasteiger partial charge is 0.351 e. The number of carbonyl (C=O) groups is 1. The molecule has 0 saturated heterocycles. The Morgan fingerprint density at radius 2 is 2.14 bits per heavy atom. The molecule has 0 heterocycles. The van der Waals surface area contributed by atoms with Crippen molar-refractivity contribution in [3.63, 3.8) is 0 Å². The molecule has 0 unspecified atom stereocenters. The van der Waals surface area contributed by atoms with Crippen LogP contribution >= 0.6 is 0 Å². The van der Waals surface area contributed by atoms with E-state index in [0.717, 1.165) is 25.7 Å². The standard InChI is InChI=1S/C11H16O3/c1-3-5-6-9-14-11(7-8-11)10(12)13-4-2/h3-5,7-8H2,1-2H3. The van der Waals surface area contributed by atoms with E-state index in [2.05, 4.69) is 12.0 Å². The van der Waals surface area contributed by atoms with E-state index in [1.807, 2.05) is 6.92 Å². The Labute approximate surface area is 84.8 Å². The summed E-state index contributed by atoms with van der Waals surface area (Å²) in [5.41, 5.74) is -0.725. The maximum absolute atomic E-state index is 11.4. The van der Waals surface area contributed by atoms with Crippen molar-refractivity contribution >= 4 is 5.97 Å². The first kappa shape index (κ1) is 10.9. The fourth-order valence-electron chi connectivity index (χ4n) is 1.03. The Kier molecular flexibility index (Phi) is 3.82. The zero-order chi connectivity index (χ0) is 10.4. The molecular weight excluding hydrogens is 180 g/mol. The van der Waals surface area contributed by atoms with Gasteiger partial charge in [-0.3, -0.25) is 0 Å². The highest BCUT2D eigenvalue weighted by atomic mass is 16.6. The lowest BCUT2D eigenvalue weighted by Gasteiger charge is -2.10. The summed E-state index contributed by atoms with van der Waals surface area (Å²) in [5, 5.41) is 0. The van der Waals surface area contributed by atoms with Crippen molar-refractivity contribution < 1.29 is 14.3 Å². The zero-order valence-electron chi connectivity index (χ0n) is 8.76. The van der Waals surface area contributed by atoms with E-state index in [4.69, 9.17) is 9.47 Å². The first-order valence-electron chi connectivity index (χ1n) is 5.08. The Hall–Kier alpha value is -1.17. The summed E-state index contributed by atoms with van der Waals surface area (Å²) >= 11 is 0. The summed E-state index contributed by atoms with van der Waals surface area (Å²) in [6.07, 6.45) is 5.84. The lowest BCUT2D eigenvalue weighted by Crippen LogP contribution is -2.26. The molecule has 0 bridgehead atoms. The van der Waals surface area contributed by atoms with Crippen molar-refractivity contribution in [2.24, 2.45) is 0 Å². The lowest BCUT2D eigenvalue weighted by molar-refractivity contribution is -0.155. The van der Waals surface area contributed by atoms with E-state index < -0.39 is 5.60 Å². The molecule has 3 heteroatoms. The van der Waals surface area contributed by atoms with E-state index in [0.29, 0.717) is 6.61 Å². The van der Waals surface area contributed by atoms with Gasteiger partial charge in [-0.15, -0.1) is 0 Å². The molecule has 0 amide bonds. The monoisotopic (exact) mass is 196 g/mol. The van der Waals surface area contributed by atoms with Gasteiger partial charge in [0.25, 0.3) is 0 Å². The predicted octanol–water partition coefficient (Wildman–Crippen LogP) is 1.86. The van der Waals surface area contributed by atoms with Gasteiger partial charge in [-0.05, 0) is 13.3 Å². The molecule has 0 aromatic carbocycles. The average molecular weight is 196 g/mol. The van der Waals surface area contributed by atoms with Gasteiger partial charge < -0.3 is 9.47 Å². The second kappa shape index (κ2) is 4.90. The molecule has 0 aromatic rings. The van der Waals surface area contributed by atoms with Gasteiger partial charge in [0.15, 0.2) is 0 Å². The Bertz CT molecular complexity index is 255. The highest BCUT2D eigenvalue weighted by Crippen LogP contribution is 2.40. The molecule has 0 atom stereocenters. The fourth-order valence-corrected chi connectivity index (χ4v) is 1.03. The van der Waals surface area contributed by atoms with Crippen LogP contribution < -0.4 is 0 Å². The minimum Gasteiger partial charge on any atom is -0.463 e. The summed E-state index contributed by atoms with van der Waals surface area (Å²) in [6.45, 7) is 4.23. The minimum absolute atomic E-state index is 0.272. The molecular formula is C11H16O3. The van der Waals surface area contributed by atoms with E-state index in [1.54, 1.807) is 6.92 Å². The van der Waals surface area contributed by atoms with Crippen molar-refractivity contribution in [1.29, 1.82) is 0 Å². The summed E-state index contributed by atoms with van der Waals surface area (Å²) in [7, 11) is 0. The van der Waals surface area contributed by atoms with E-state index in [9.17, 15) is 4.79 Å². The first-order valence-corrected chi connectivity index (χ1v) is 5.08. The second-order valence-corrected chi connectivity index (χ2v) is 3.35. The third-order valence-electron chi connectivity index (χ3n) is 2.05. The quantitative estimate of drug-likeness (QED) is 0.508. The van der Waals surface area contributed by atoms with Crippen LogP contribution in [0.5, 0.6) is 0 Å². The SMILES string of the molecule is CCCC#COC1(C(=O)OCC)CC1. The first-order chi connectivity index (χ1) is 6.75. The van der Waals surface area contributed by atoms with Gasteiger partial charge >= 0.3 is 5.97 Å². The molecule has 1 fully saturated rings. The van der Waals surface area contributed by atoms with Crippen LogP contribution in [0.15, 0.2) is 0 Å². The van der Waals surface area contributed by atoms with Crippen molar-refractivity contribution in [1.82, 2.24) is 0 Å². The van der Waals surface area contributed by atoms with Crippen LogP contribution in [0.25, 0.3) is 0 Å². The van der Waals surface area contributed by atoms with Crippen LogP contribution in [0, 0.1) is 12.0 Å². The molecule has 0 N–H and O–H groups in total. The van der Waals surface area contributed by atoms with Crippen LogP contribution in [0.4, 0.5) is 0 Å². The molecule has 1 saturated carbocycles. The highest BCUT2D eigenvalue weighted by Gasteiger charge is 2.54. The van der Waals surface area contributed by atoms with Crippen molar-refractivity contribution in [3.05, 3.63) is 0 Å². The zero-order valence-corrected chi connectivity index (χ0v) is 8.76. The average Bonchev–Trinajstić information content (AvgIpc) is 2.94. The lowest BCUT2D eigenvalue weighted by atomic mass is 10.3. The Balaban J connectivity index is 2.36. The molecule has 1 aliphatic carbocycles. The van der Waals surface area contributed by atoms with Crippen LogP contribution in [0.1, 0.15) is 39.5 Å². The van der Waals surface area contributed by atoms with Crippen LogP contribution in [-0.4, -0.2) is 18.2 Å². The summed E-state index contributed by atoms with van der Waals surface area (Å²) in [6, 6.07) is 0. The molecule has 1 rings (SSSR count). The predicted molar refractivity (Wildman–Crippen MR) is 52.4 cm³/mol. The normalized spacial score (nSPS) is 16.4. The maximum Gasteiger partial charge on any atom is 0.351 e. The summed E-state index contributed by atoms with van der Waals surface area (Å²) in [5.74, 6) is 2.58. The molecule has 0 spiro atoms. The van der Waals surface area contributed by atoms with Crippen molar-refractivity contribution in [3.8, 4) is 12.0 Å². The molecule has 0 radical (unpaired) electrons. The van der Waals surface area contributed by atoms with E-state index in [1.165, 1.54) is 0 Å². The van der Waals surface area contributed by atoms with Gasteiger partial charge in [-0.25, -0.2) is 4.79 Å². The Morgan fingerprint density at radius 1 is 1.43 bits per heavy atom. The van der Waals surface area contributed by atoms with Gasteiger partial charge in [0, 0.05) is 19.3 Å². The number of esters is 1.